The number of ether oxygens (including phenoxy) is 1. The predicted molar refractivity (Wildman–Crippen MR) is 79.0 cm³/mol. The Hall–Kier alpha value is -2.57. The summed E-state index contributed by atoms with van der Waals surface area (Å²) in [6, 6.07) is 5.29. The van der Waals surface area contributed by atoms with Gasteiger partial charge >= 0.3 is 12.1 Å². The van der Waals surface area contributed by atoms with Gasteiger partial charge in [-0.15, -0.1) is 6.58 Å². The fourth-order valence-corrected chi connectivity index (χ4v) is 2.79. The molecule has 116 valence electrons. The van der Waals surface area contributed by atoms with Crippen LogP contribution in [0, 0.1) is 0 Å². The van der Waals surface area contributed by atoms with Crippen LogP contribution in [0.3, 0.4) is 0 Å². The molecule has 0 saturated carbocycles. The molecule has 7 nitrogen and oxygen atoms in total. The third-order valence-corrected chi connectivity index (χ3v) is 3.87. The molecule has 0 aliphatic carbocycles. The van der Waals surface area contributed by atoms with Crippen LogP contribution in [0.4, 0.5) is 9.59 Å². The van der Waals surface area contributed by atoms with Crippen molar-refractivity contribution in [2.24, 2.45) is 0 Å². The maximum atomic E-state index is 12.0. The number of likely N-dealkylation sites (tertiary alicyclic amines) is 1. The van der Waals surface area contributed by atoms with Gasteiger partial charge in [0.2, 0.25) is 0 Å². The molecule has 1 aromatic heterocycles. The summed E-state index contributed by atoms with van der Waals surface area (Å²) in [5, 5.41) is 2.74. The van der Waals surface area contributed by atoms with Gasteiger partial charge in [-0.05, 0) is 12.1 Å². The Morgan fingerprint density at radius 3 is 3.09 bits per heavy atom. The Morgan fingerprint density at radius 1 is 1.50 bits per heavy atom. The van der Waals surface area contributed by atoms with Crippen molar-refractivity contribution in [3.8, 4) is 0 Å². The zero-order valence-electron chi connectivity index (χ0n) is 12.1. The van der Waals surface area contributed by atoms with Gasteiger partial charge in [0.05, 0.1) is 24.8 Å². The topological polar surface area (TPSA) is 74.8 Å². The minimum atomic E-state index is -0.341. The van der Waals surface area contributed by atoms with Crippen molar-refractivity contribution < 1.29 is 14.3 Å². The van der Waals surface area contributed by atoms with Crippen LogP contribution in [0.2, 0.25) is 0 Å². The molecule has 0 radical (unpaired) electrons. The maximum Gasteiger partial charge on any atom is 0.410 e. The molecule has 1 aromatic rings. The van der Waals surface area contributed by atoms with Crippen LogP contribution in [0.1, 0.15) is 5.69 Å². The molecule has 22 heavy (non-hydrogen) atoms. The van der Waals surface area contributed by atoms with Crippen molar-refractivity contribution in [1.82, 2.24) is 20.1 Å². The van der Waals surface area contributed by atoms with Gasteiger partial charge in [0.25, 0.3) is 0 Å². The SMILES string of the molecule is C=CCNC(=O)N1C[C@H]2OC(=O)N(Cc3ccccn3)[C@H]2C1. The molecule has 3 rings (SSSR count). The summed E-state index contributed by atoms with van der Waals surface area (Å²) in [5.74, 6) is 0. The number of urea groups is 1. The number of carbonyl (C=O) groups excluding carboxylic acids is 2. The maximum absolute atomic E-state index is 12.0. The second-order valence-corrected chi connectivity index (χ2v) is 5.32. The van der Waals surface area contributed by atoms with E-state index in [1.165, 1.54) is 0 Å². The average Bonchev–Trinajstić information content (AvgIpc) is 3.05. The highest BCUT2D eigenvalue weighted by atomic mass is 16.6. The van der Waals surface area contributed by atoms with E-state index in [1.54, 1.807) is 22.1 Å². The molecular formula is C15H18N4O3. The van der Waals surface area contributed by atoms with Crippen molar-refractivity contribution >= 4 is 12.1 Å². The van der Waals surface area contributed by atoms with Gasteiger partial charge in [0.15, 0.2) is 0 Å². The van der Waals surface area contributed by atoms with Crippen LogP contribution >= 0.6 is 0 Å². The fourth-order valence-electron chi connectivity index (χ4n) is 2.79. The molecule has 2 aliphatic rings. The quantitative estimate of drug-likeness (QED) is 0.841. The van der Waals surface area contributed by atoms with E-state index in [1.807, 2.05) is 18.2 Å². The molecule has 2 aliphatic heterocycles. The molecule has 0 unspecified atom stereocenters. The van der Waals surface area contributed by atoms with E-state index in [4.69, 9.17) is 4.74 Å². The lowest BCUT2D eigenvalue weighted by atomic mass is 10.2. The van der Waals surface area contributed by atoms with Crippen molar-refractivity contribution in [2.45, 2.75) is 18.7 Å². The Kier molecular flexibility index (Phi) is 3.95. The minimum absolute atomic E-state index is 0.121. The van der Waals surface area contributed by atoms with Gasteiger partial charge in [-0.1, -0.05) is 12.1 Å². The summed E-state index contributed by atoms with van der Waals surface area (Å²) in [6.07, 6.45) is 2.71. The number of nitrogens with one attached hydrogen (secondary N) is 1. The lowest BCUT2D eigenvalue weighted by Gasteiger charge is -2.22. The van der Waals surface area contributed by atoms with E-state index >= 15 is 0 Å². The number of nitrogens with zero attached hydrogens (tertiary/aromatic N) is 3. The van der Waals surface area contributed by atoms with E-state index in [9.17, 15) is 9.59 Å². The first kappa shape index (κ1) is 14.4. The molecule has 0 spiro atoms. The van der Waals surface area contributed by atoms with Crippen LogP contribution in [0.5, 0.6) is 0 Å². The van der Waals surface area contributed by atoms with Crippen molar-refractivity contribution in [2.75, 3.05) is 19.6 Å². The molecule has 3 heterocycles. The van der Waals surface area contributed by atoms with E-state index in [0.29, 0.717) is 26.2 Å². The first-order valence-electron chi connectivity index (χ1n) is 7.20. The summed E-state index contributed by atoms with van der Waals surface area (Å²) in [5.41, 5.74) is 0.801. The van der Waals surface area contributed by atoms with Crippen LogP contribution in [0.25, 0.3) is 0 Å². The predicted octanol–water partition coefficient (Wildman–Crippen LogP) is 0.982. The Balaban J connectivity index is 1.65. The van der Waals surface area contributed by atoms with Crippen LogP contribution in [-0.2, 0) is 11.3 Å². The van der Waals surface area contributed by atoms with E-state index in [-0.39, 0.29) is 24.3 Å². The van der Waals surface area contributed by atoms with Gasteiger partial charge in [0, 0.05) is 19.3 Å². The third-order valence-electron chi connectivity index (χ3n) is 3.87. The smallest absolute Gasteiger partial charge is 0.410 e. The van der Waals surface area contributed by atoms with Gasteiger partial charge in [-0.25, -0.2) is 9.59 Å². The number of hydrogen-bond donors (Lipinski definition) is 1. The summed E-state index contributed by atoms with van der Waals surface area (Å²) in [4.78, 5) is 31.5. The lowest BCUT2D eigenvalue weighted by Crippen LogP contribution is -2.42. The largest absolute Gasteiger partial charge is 0.442 e. The minimum Gasteiger partial charge on any atom is -0.442 e. The normalized spacial score (nSPS) is 23.2. The molecule has 2 fully saturated rings. The van der Waals surface area contributed by atoms with Crippen molar-refractivity contribution in [3.05, 3.63) is 42.7 Å². The monoisotopic (exact) mass is 302 g/mol. The third kappa shape index (κ3) is 2.74. The van der Waals surface area contributed by atoms with E-state index in [0.717, 1.165) is 5.69 Å². The first-order valence-corrected chi connectivity index (χ1v) is 7.20. The number of fused-ring (bicyclic) bond motifs is 1. The molecule has 1 N–H and O–H groups in total. The zero-order chi connectivity index (χ0) is 15.5. The van der Waals surface area contributed by atoms with Gasteiger partial charge in [-0.3, -0.25) is 9.88 Å². The fraction of sp³-hybridized carbons (Fsp3) is 0.400. The standard InChI is InChI=1S/C15H18N4O3/c1-2-6-17-14(20)18-9-12-13(10-18)22-15(21)19(12)8-11-5-3-4-7-16-11/h2-5,7,12-13H,1,6,8-10H2,(H,17,20)/t12-,13+/m0/s1. The highest BCUT2D eigenvalue weighted by Crippen LogP contribution is 2.28. The summed E-state index contributed by atoms with van der Waals surface area (Å²) < 4.78 is 5.37. The second-order valence-electron chi connectivity index (χ2n) is 5.32. The molecule has 0 bridgehead atoms. The molecule has 3 amide bonds. The Bertz CT molecular complexity index is 577. The number of aromatic nitrogens is 1. The highest BCUT2D eigenvalue weighted by molar-refractivity contribution is 5.76. The van der Waals surface area contributed by atoms with Crippen molar-refractivity contribution in [1.29, 1.82) is 0 Å². The molecule has 0 aromatic carbocycles. The first-order chi connectivity index (χ1) is 10.7. The average molecular weight is 302 g/mol. The Morgan fingerprint density at radius 2 is 2.36 bits per heavy atom. The number of carbonyl (C=O) groups is 2. The van der Waals surface area contributed by atoms with Crippen LogP contribution in [-0.4, -0.2) is 58.7 Å². The van der Waals surface area contributed by atoms with Gasteiger partial charge in [-0.2, -0.15) is 0 Å². The van der Waals surface area contributed by atoms with Crippen LogP contribution < -0.4 is 5.32 Å². The molecular weight excluding hydrogens is 284 g/mol. The summed E-state index contributed by atoms with van der Waals surface area (Å²) in [6.45, 7) is 5.26. The molecule has 2 atom stereocenters. The summed E-state index contributed by atoms with van der Waals surface area (Å²) >= 11 is 0. The number of hydrogen-bond acceptors (Lipinski definition) is 4. The van der Waals surface area contributed by atoms with Gasteiger partial charge < -0.3 is 15.0 Å². The number of amides is 3. The summed E-state index contributed by atoms with van der Waals surface area (Å²) in [7, 11) is 0. The molecule has 2 saturated heterocycles. The lowest BCUT2D eigenvalue weighted by molar-refractivity contribution is 0.122. The van der Waals surface area contributed by atoms with Crippen molar-refractivity contribution in [3.63, 3.8) is 0 Å². The Labute approximate surface area is 128 Å². The van der Waals surface area contributed by atoms with Crippen LogP contribution in [0.15, 0.2) is 37.1 Å². The zero-order valence-corrected chi connectivity index (χ0v) is 12.1. The number of pyridine rings is 1. The van der Waals surface area contributed by atoms with E-state index in [2.05, 4.69) is 16.9 Å². The molecule has 7 heteroatoms. The van der Waals surface area contributed by atoms with Gasteiger partial charge in [0.1, 0.15) is 6.10 Å². The van der Waals surface area contributed by atoms with E-state index < -0.39 is 0 Å². The number of rotatable bonds is 4. The second kappa shape index (κ2) is 6.05. The highest BCUT2D eigenvalue weighted by Gasteiger charge is 2.48.